The molecule has 0 amide bonds. The van der Waals surface area contributed by atoms with Crippen LogP contribution in [0.15, 0.2) is 169 Å². The fraction of sp³-hybridized carbons (Fsp3) is 0.191. The molecule has 2 nitrogen and oxygen atoms in total. The van der Waals surface area contributed by atoms with E-state index in [9.17, 15) is 0 Å². The van der Waals surface area contributed by atoms with E-state index in [0.29, 0.717) is 11.8 Å². The molecule has 3 aliphatic carbocycles. The van der Waals surface area contributed by atoms with Crippen molar-refractivity contribution in [2.45, 2.75) is 45.4 Å². The topological polar surface area (TPSA) is 6.48 Å². The first-order valence-corrected chi connectivity index (χ1v) is 17.8. The van der Waals surface area contributed by atoms with Crippen LogP contribution in [0.1, 0.15) is 50.3 Å². The van der Waals surface area contributed by atoms with Crippen LogP contribution in [0.5, 0.6) is 0 Å². The van der Waals surface area contributed by atoms with E-state index >= 15 is 0 Å². The van der Waals surface area contributed by atoms with Gasteiger partial charge in [0, 0.05) is 39.1 Å². The van der Waals surface area contributed by atoms with Gasteiger partial charge in [0.1, 0.15) is 0 Å². The summed E-state index contributed by atoms with van der Waals surface area (Å²) >= 11 is 0. The number of fused-ring (bicyclic) bond motifs is 2. The molecule has 0 bridgehead atoms. The van der Waals surface area contributed by atoms with Gasteiger partial charge in [-0.1, -0.05) is 136 Å². The molecule has 242 valence electrons. The first-order valence-electron chi connectivity index (χ1n) is 17.8. The highest BCUT2D eigenvalue weighted by molar-refractivity contribution is 5.97. The summed E-state index contributed by atoms with van der Waals surface area (Å²) in [6.45, 7) is 6.94. The van der Waals surface area contributed by atoms with Gasteiger partial charge in [0.15, 0.2) is 0 Å². The Morgan fingerprint density at radius 3 is 2.04 bits per heavy atom. The fourth-order valence-electron chi connectivity index (χ4n) is 7.65. The van der Waals surface area contributed by atoms with Crippen LogP contribution in [-0.2, 0) is 11.8 Å². The van der Waals surface area contributed by atoms with Crippen molar-refractivity contribution in [3.8, 4) is 0 Å². The molecule has 49 heavy (non-hydrogen) atoms. The van der Waals surface area contributed by atoms with Gasteiger partial charge < -0.3 is 9.80 Å². The minimum Gasteiger partial charge on any atom is -0.310 e. The highest BCUT2D eigenvalue weighted by atomic mass is 15.2. The van der Waals surface area contributed by atoms with Gasteiger partial charge >= 0.3 is 0 Å². The number of benzene rings is 5. The quantitative estimate of drug-likeness (QED) is 0.175. The molecule has 0 fully saturated rings. The summed E-state index contributed by atoms with van der Waals surface area (Å²) < 4.78 is 0. The maximum absolute atomic E-state index is 2.44. The van der Waals surface area contributed by atoms with E-state index in [4.69, 9.17) is 0 Å². The van der Waals surface area contributed by atoms with E-state index in [0.717, 1.165) is 19.3 Å². The number of nitrogens with zero attached hydrogens (tertiary/aromatic N) is 2. The third-order valence-corrected chi connectivity index (χ3v) is 10.5. The lowest BCUT2D eigenvalue weighted by Gasteiger charge is -2.35. The molecule has 8 rings (SSSR count). The van der Waals surface area contributed by atoms with Gasteiger partial charge in [-0.05, 0) is 96.2 Å². The molecule has 5 aromatic carbocycles. The molecule has 5 aromatic rings. The number of anilines is 4. The van der Waals surface area contributed by atoms with Crippen LogP contribution in [0.25, 0.3) is 16.8 Å². The van der Waals surface area contributed by atoms with Gasteiger partial charge in [-0.15, -0.1) is 0 Å². The lowest BCUT2D eigenvalue weighted by molar-refractivity contribution is 0.595. The van der Waals surface area contributed by atoms with Crippen molar-refractivity contribution >= 4 is 39.6 Å². The zero-order valence-electron chi connectivity index (χ0n) is 28.8. The van der Waals surface area contributed by atoms with Crippen molar-refractivity contribution in [1.82, 2.24) is 0 Å². The second-order valence-electron chi connectivity index (χ2n) is 14.2. The molecule has 3 unspecified atom stereocenters. The van der Waals surface area contributed by atoms with Crippen molar-refractivity contribution in [1.29, 1.82) is 0 Å². The highest BCUT2D eigenvalue weighted by Crippen LogP contribution is 2.43. The van der Waals surface area contributed by atoms with Gasteiger partial charge in [0.25, 0.3) is 0 Å². The molecule has 0 radical (unpaired) electrons. The molecule has 3 atom stereocenters. The van der Waals surface area contributed by atoms with E-state index in [1.807, 2.05) is 0 Å². The van der Waals surface area contributed by atoms with E-state index in [1.54, 1.807) is 0 Å². The van der Waals surface area contributed by atoms with E-state index < -0.39 is 0 Å². The average Bonchev–Trinajstić information content (AvgIpc) is 3.14. The summed E-state index contributed by atoms with van der Waals surface area (Å²) in [6, 6.07) is 42.2. The molecule has 2 heteroatoms. The minimum absolute atomic E-state index is 0.112. The largest absolute Gasteiger partial charge is 0.310 e. The van der Waals surface area contributed by atoms with Gasteiger partial charge in [-0.3, -0.25) is 0 Å². The molecule has 0 N–H and O–H groups in total. The number of rotatable bonds is 7. The Kier molecular flexibility index (Phi) is 8.17. The molecule has 0 aromatic heterocycles. The number of para-hydroxylation sites is 1. The Labute approximate surface area is 291 Å². The Hall–Kier alpha value is -5.34. The number of hydrogen-bond donors (Lipinski definition) is 0. The first-order chi connectivity index (χ1) is 24.0. The predicted molar refractivity (Wildman–Crippen MR) is 210 cm³/mol. The maximum Gasteiger partial charge on any atom is 0.0539 e. The second kappa shape index (κ2) is 12.9. The van der Waals surface area contributed by atoms with Crippen molar-refractivity contribution in [2.75, 3.05) is 9.80 Å². The van der Waals surface area contributed by atoms with Gasteiger partial charge in [0.05, 0.1) is 11.4 Å². The normalized spacial score (nSPS) is 21.2. The Morgan fingerprint density at radius 2 is 1.27 bits per heavy atom. The smallest absolute Gasteiger partial charge is 0.0539 e. The van der Waals surface area contributed by atoms with Crippen LogP contribution >= 0.6 is 0 Å². The molecule has 0 heterocycles. The van der Waals surface area contributed by atoms with Crippen molar-refractivity contribution in [3.05, 3.63) is 186 Å². The molecule has 0 spiro atoms. The van der Waals surface area contributed by atoms with E-state index in [1.165, 1.54) is 61.6 Å². The summed E-state index contributed by atoms with van der Waals surface area (Å²) in [5.41, 5.74) is 11.2. The van der Waals surface area contributed by atoms with Crippen molar-refractivity contribution < 1.29 is 0 Å². The van der Waals surface area contributed by atoms with Gasteiger partial charge in [-0.2, -0.15) is 0 Å². The maximum atomic E-state index is 2.44. The predicted octanol–water partition coefficient (Wildman–Crippen LogP) is 12.6. The van der Waals surface area contributed by atoms with E-state index in [-0.39, 0.29) is 5.41 Å². The summed E-state index contributed by atoms with van der Waals surface area (Å²) in [6.07, 6.45) is 21.9. The van der Waals surface area contributed by atoms with E-state index in [2.05, 4.69) is 194 Å². The first kappa shape index (κ1) is 31.0. The summed E-state index contributed by atoms with van der Waals surface area (Å²) in [7, 11) is 0. The number of hydrogen-bond acceptors (Lipinski definition) is 2. The van der Waals surface area contributed by atoms with Gasteiger partial charge in [-0.25, -0.2) is 0 Å². The zero-order valence-corrected chi connectivity index (χ0v) is 28.8. The fourth-order valence-corrected chi connectivity index (χ4v) is 7.65. The third kappa shape index (κ3) is 5.97. The highest BCUT2D eigenvalue weighted by Gasteiger charge is 2.29. The van der Waals surface area contributed by atoms with Crippen molar-refractivity contribution in [2.24, 2.45) is 11.8 Å². The zero-order chi connectivity index (χ0) is 33.4. The van der Waals surface area contributed by atoms with Crippen LogP contribution in [0, 0.1) is 11.8 Å². The minimum atomic E-state index is -0.112. The lowest BCUT2D eigenvalue weighted by atomic mass is 9.76. The Morgan fingerprint density at radius 1 is 0.592 bits per heavy atom. The van der Waals surface area contributed by atoms with Crippen LogP contribution in [0.3, 0.4) is 0 Å². The SMILES string of the molecule is CC1C=CC(N(c2ccc(C3(C)C=CC(N(c4ccccc4)c4cccc5c4C=CC(C)C5)=CC3)cc2)c2cccc3ccccc23)=CC1. The molecule has 3 aliphatic rings. The summed E-state index contributed by atoms with van der Waals surface area (Å²) in [5.74, 6) is 1.12. The average molecular weight is 637 g/mol. The molecule has 0 aliphatic heterocycles. The molecule has 0 saturated carbocycles. The van der Waals surface area contributed by atoms with Crippen LogP contribution in [0.4, 0.5) is 22.7 Å². The molecular formula is C47H44N2. The van der Waals surface area contributed by atoms with Gasteiger partial charge in [0.2, 0.25) is 0 Å². The van der Waals surface area contributed by atoms with Crippen LogP contribution in [-0.4, -0.2) is 0 Å². The number of allylic oxidation sites excluding steroid dienone is 7. The van der Waals surface area contributed by atoms with Crippen molar-refractivity contribution in [3.63, 3.8) is 0 Å². The Balaban J connectivity index is 1.12. The summed E-state index contributed by atoms with van der Waals surface area (Å²) in [5, 5.41) is 2.51. The third-order valence-electron chi connectivity index (χ3n) is 10.5. The lowest BCUT2D eigenvalue weighted by Crippen LogP contribution is -2.25. The monoisotopic (exact) mass is 636 g/mol. The standard InChI is InChI=1S/C47H44N2/c1-34-19-24-40(25-20-34)49(45-17-9-12-36-11-7-8-16-43(36)45)41-26-22-38(23-27-41)47(3)31-29-42(30-32-47)48(39-14-5-4-6-15-39)46-18-10-13-37-33-35(2)21-28-44(37)46/h4-19,21-31,34-35H,20,32-33H2,1-3H3. The van der Waals surface area contributed by atoms with Crippen LogP contribution < -0.4 is 9.80 Å². The van der Waals surface area contributed by atoms with Crippen LogP contribution in [0.2, 0.25) is 0 Å². The second-order valence-corrected chi connectivity index (χ2v) is 14.2. The molecule has 0 saturated heterocycles. The summed E-state index contributed by atoms with van der Waals surface area (Å²) in [4.78, 5) is 4.87. The Bertz CT molecular complexity index is 2140. The molecular weight excluding hydrogens is 593 g/mol.